The second-order valence-electron chi connectivity index (χ2n) is 4.73. The molecule has 1 saturated heterocycles. The van der Waals surface area contributed by atoms with Gasteiger partial charge in [-0.25, -0.2) is 0 Å². The van der Waals surface area contributed by atoms with Crippen LogP contribution in [0.25, 0.3) is 0 Å². The first kappa shape index (κ1) is 19.3. The maximum absolute atomic E-state index is 12.4. The Bertz CT molecular complexity index is 507. The average molecular weight is 402 g/mol. The third kappa shape index (κ3) is 5.46. The van der Waals surface area contributed by atoms with Crippen LogP contribution in [0.3, 0.4) is 0 Å². The summed E-state index contributed by atoms with van der Waals surface area (Å²) < 4.78 is 41.7. The Morgan fingerprint density at radius 3 is 2.45 bits per heavy atom. The lowest BCUT2D eigenvalue weighted by Crippen LogP contribution is -2.44. The number of rotatable bonds is 4. The van der Waals surface area contributed by atoms with Crippen LogP contribution in [0.15, 0.2) is 35.3 Å². The van der Waals surface area contributed by atoms with E-state index in [-0.39, 0.29) is 24.2 Å². The van der Waals surface area contributed by atoms with Crippen molar-refractivity contribution >= 4 is 28.3 Å². The maximum Gasteiger partial charge on any atom is 0.573 e. The second-order valence-corrected chi connectivity index (χ2v) is 5.65. The minimum absolute atomic E-state index is 0. The minimum Gasteiger partial charge on any atom is -0.406 e. The van der Waals surface area contributed by atoms with Gasteiger partial charge < -0.3 is 10.1 Å². The first-order valence-electron chi connectivity index (χ1n) is 6.52. The van der Waals surface area contributed by atoms with Gasteiger partial charge in [0.1, 0.15) is 5.75 Å². The fourth-order valence-electron chi connectivity index (χ4n) is 2.40. The van der Waals surface area contributed by atoms with Gasteiger partial charge in [-0.1, -0.05) is 22.0 Å². The number of nitrogens with zero attached hydrogens (tertiary/aromatic N) is 1. The van der Waals surface area contributed by atoms with Gasteiger partial charge in [0, 0.05) is 30.7 Å². The van der Waals surface area contributed by atoms with Crippen LogP contribution >= 0.6 is 28.3 Å². The summed E-state index contributed by atoms with van der Waals surface area (Å²) in [7, 11) is 0. The molecule has 0 spiro atoms. The van der Waals surface area contributed by atoms with Crippen LogP contribution in [0, 0.1) is 0 Å². The van der Waals surface area contributed by atoms with Crippen LogP contribution < -0.4 is 10.1 Å². The monoisotopic (exact) mass is 400 g/mol. The predicted octanol–water partition coefficient (Wildman–Crippen LogP) is 3.90. The summed E-state index contributed by atoms with van der Waals surface area (Å²) in [5, 5.41) is 3.24. The Morgan fingerprint density at radius 1 is 1.27 bits per heavy atom. The Labute approximate surface area is 142 Å². The highest BCUT2D eigenvalue weighted by atomic mass is 79.9. The van der Waals surface area contributed by atoms with Gasteiger partial charge in [0.2, 0.25) is 0 Å². The van der Waals surface area contributed by atoms with Crippen molar-refractivity contribution < 1.29 is 17.9 Å². The summed E-state index contributed by atoms with van der Waals surface area (Å²) in [5.41, 5.74) is 0.723. The van der Waals surface area contributed by atoms with Crippen LogP contribution in [0.4, 0.5) is 13.2 Å². The normalized spacial score (nSPS) is 17.5. The molecule has 124 valence electrons. The molecule has 1 aromatic rings. The molecule has 3 nitrogen and oxygen atoms in total. The fraction of sp³-hybridized carbons (Fsp3) is 0.429. The van der Waals surface area contributed by atoms with Crippen molar-refractivity contribution in [2.75, 3.05) is 26.2 Å². The molecule has 1 aromatic carbocycles. The summed E-state index contributed by atoms with van der Waals surface area (Å²) in [6, 6.07) is 4.36. The average Bonchev–Trinajstić information content (AvgIpc) is 2.38. The zero-order valence-electron chi connectivity index (χ0n) is 11.7. The number of hydrogen-bond donors (Lipinski definition) is 1. The largest absolute Gasteiger partial charge is 0.573 e. The molecule has 8 heteroatoms. The van der Waals surface area contributed by atoms with Crippen LogP contribution in [0.1, 0.15) is 11.6 Å². The van der Waals surface area contributed by atoms with E-state index in [2.05, 4.69) is 37.5 Å². The van der Waals surface area contributed by atoms with Gasteiger partial charge in [-0.15, -0.1) is 32.2 Å². The smallest absolute Gasteiger partial charge is 0.406 e. The summed E-state index contributed by atoms with van der Waals surface area (Å²) in [4.78, 5) is 2.17. The topological polar surface area (TPSA) is 24.5 Å². The molecule has 1 aliphatic rings. The lowest BCUT2D eigenvalue weighted by Gasteiger charge is -2.33. The van der Waals surface area contributed by atoms with Gasteiger partial charge in [0.15, 0.2) is 0 Å². The zero-order valence-corrected chi connectivity index (χ0v) is 14.1. The molecule has 22 heavy (non-hydrogen) atoms. The molecule has 1 heterocycles. The summed E-state index contributed by atoms with van der Waals surface area (Å²) in [6.45, 7) is 7.15. The summed E-state index contributed by atoms with van der Waals surface area (Å²) in [6.07, 6.45) is -2.96. The Morgan fingerprint density at radius 2 is 1.91 bits per heavy atom. The highest BCUT2D eigenvalue weighted by Crippen LogP contribution is 2.32. The van der Waals surface area contributed by atoms with Gasteiger partial charge in [0.05, 0.1) is 6.04 Å². The highest BCUT2D eigenvalue weighted by Gasteiger charge is 2.31. The van der Waals surface area contributed by atoms with Gasteiger partial charge in [0.25, 0.3) is 0 Å². The third-order valence-corrected chi connectivity index (χ3v) is 3.69. The summed E-state index contributed by atoms with van der Waals surface area (Å²) in [5.74, 6) is -0.228. The van der Waals surface area contributed by atoms with E-state index < -0.39 is 6.36 Å². The molecule has 0 radical (unpaired) electrons. The van der Waals surface area contributed by atoms with Crippen molar-refractivity contribution in [1.82, 2.24) is 10.2 Å². The van der Waals surface area contributed by atoms with Crippen molar-refractivity contribution in [3.8, 4) is 5.75 Å². The first-order valence-corrected chi connectivity index (χ1v) is 7.32. The number of halogens is 5. The van der Waals surface area contributed by atoms with E-state index in [0.717, 1.165) is 31.7 Å². The van der Waals surface area contributed by atoms with Crippen molar-refractivity contribution in [3.05, 3.63) is 40.9 Å². The maximum atomic E-state index is 12.4. The standard InChI is InChI=1S/C14H16BrF3N2O.ClH/c1-2-13(20-5-3-19-4-6-20)10-7-11(15)9-12(8-10)21-14(16,17)18;/h2,7-9,13,19H,1,3-6H2;1H/t13-;/m1./s1. The van der Waals surface area contributed by atoms with Gasteiger partial charge >= 0.3 is 6.36 Å². The molecule has 0 unspecified atom stereocenters. The second kappa shape index (κ2) is 8.19. The fourth-order valence-corrected chi connectivity index (χ4v) is 2.89. The van der Waals surface area contributed by atoms with Crippen molar-refractivity contribution in [1.29, 1.82) is 0 Å². The lowest BCUT2D eigenvalue weighted by molar-refractivity contribution is -0.274. The van der Waals surface area contributed by atoms with E-state index in [1.807, 2.05) is 0 Å². The van der Waals surface area contributed by atoms with Crippen molar-refractivity contribution in [2.24, 2.45) is 0 Å². The molecular formula is C14H17BrClF3N2O. The van der Waals surface area contributed by atoms with E-state index in [0.29, 0.717) is 4.47 Å². The van der Waals surface area contributed by atoms with E-state index in [1.54, 1.807) is 12.1 Å². The molecule has 0 amide bonds. The quantitative estimate of drug-likeness (QED) is 0.775. The van der Waals surface area contributed by atoms with E-state index in [9.17, 15) is 13.2 Å². The SMILES string of the molecule is C=C[C@H](c1cc(Br)cc(OC(F)(F)F)c1)N1CCNCC1.Cl. The lowest BCUT2D eigenvalue weighted by atomic mass is 10.0. The molecule has 1 aliphatic heterocycles. The minimum atomic E-state index is -4.70. The molecular weight excluding hydrogens is 385 g/mol. The molecule has 1 N–H and O–H groups in total. The predicted molar refractivity (Wildman–Crippen MR) is 85.5 cm³/mol. The van der Waals surface area contributed by atoms with Crippen molar-refractivity contribution in [2.45, 2.75) is 12.4 Å². The number of piperazine rings is 1. The number of alkyl halides is 3. The highest BCUT2D eigenvalue weighted by molar-refractivity contribution is 9.10. The van der Waals surface area contributed by atoms with Gasteiger partial charge in [-0.2, -0.15) is 0 Å². The number of benzene rings is 1. The first-order chi connectivity index (χ1) is 9.89. The van der Waals surface area contributed by atoms with Crippen LogP contribution in [0.2, 0.25) is 0 Å². The van der Waals surface area contributed by atoms with E-state index >= 15 is 0 Å². The third-order valence-electron chi connectivity index (χ3n) is 3.24. The molecule has 0 aromatic heterocycles. The van der Waals surface area contributed by atoms with Crippen molar-refractivity contribution in [3.63, 3.8) is 0 Å². The van der Waals surface area contributed by atoms with Crippen LogP contribution in [0.5, 0.6) is 5.75 Å². The number of ether oxygens (including phenoxy) is 1. The molecule has 1 fully saturated rings. The molecule has 0 bridgehead atoms. The zero-order chi connectivity index (χ0) is 15.5. The summed E-state index contributed by atoms with van der Waals surface area (Å²) >= 11 is 3.23. The van der Waals surface area contributed by atoms with E-state index in [4.69, 9.17) is 0 Å². The Hall–Kier alpha value is -0.760. The van der Waals surface area contributed by atoms with E-state index in [1.165, 1.54) is 12.1 Å². The van der Waals surface area contributed by atoms with Crippen LogP contribution in [-0.4, -0.2) is 37.4 Å². The molecule has 2 rings (SSSR count). The number of hydrogen-bond acceptors (Lipinski definition) is 3. The number of nitrogens with one attached hydrogen (secondary N) is 1. The van der Waals surface area contributed by atoms with Gasteiger partial charge in [-0.3, -0.25) is 4.90 Å². The van der Waals surface area contributed by atoms with Gasteiger partial charge in [-0.05, 0) is 23.8 Å². The molecule has 0 aliphatic carbocycles. The Kier molecular flexibility index (Phi) is 7.18. The molecule has 1 atom stereocenters. The Balaban J connectivity index is 0.00000242. The van der Waals surface area contributed by atoms with Crippen LogP contribution in [-0.2, 0) is 0 Å². The molecule has 0 saturated carbocycles.